The lowest BCUT2D eigenvalue weighted by Gasteiger charge is -2.18. The molecular weight excluding hydrogens is 218 g/mol. The van der Waals surface area contributed by atoms with Crippen molar-refractivity contribution in [2.45, 2.75) is 44.4 Å². The molecular formula is C12H21N3S. The molecule has 0 radical (unpaired) electrons. The fourth-order valence-corrected chi connectivity index (χ4v) is 3.25. The molecule has 4 heteroatoms. The van der Waals surface area contributed by atoms with Crippen LogP contribution in [-0.4, -0.2) is 22.3 Å². The van der Waals surface area contributed by atoms with Gasteiger partial charge in [-0.1, -0.05) is 13.3 Å². The lowest BCUT2D eigenvalue weighted by atomic mass is 10.2. The van der Waals surface area contributed by atoms with Crippen LogP contribution in [0.5, 0.6) is 0 Å². The summed E-state index contributed by atoms with van der Waals surface area (Å²) in [4.78, 5) is 7.95. The summed E-state index contributed by atoms with van der Waals surface area (Å²) in [6, 6.07) is 0. The second kappa shape index (κ2) is 6.30. The summed E-state index contributed by atoms with van der Waals surface area (Å²) in [6.07, 6.45) is 7.15. The Bertz CT molecular complexity index is 305. The van der Waals surface area contributed by atoms with Crippen molar-refractivity contribution >= 4 is 11.8 Å². The van der Waals surface area contributed by atoms with E-state index in [9.17, 15) is 0 Å². The third kappa shape index (κ3) is 3.25. The number of hydrogen-bond acceptors (Lipinski definition) is 3. The second-order valence-corrected chi connectivity index (χ2v) is 5.64. The number of nitrogens with zero attached hydrogens (tertiary/aromatic N) is 1. The molecule has 1 saturated heterocycles. The normalized spacial score (nSPS) is 21.2. The molecule has 1 atom stereocenters. The largest absolute Gasteiger partial charge is 0.344 e. The topological polar surface area (TPSA) is 40.7 Å². The molecule has 1 aromatic heterocycles. The molecule has 2 N–H and O–H groups in total. The van der Waals surface area contributed by atoms with Gasteiger partial charge in [-0.25, -0.2) is 4.98 Å². The highest BCUT2D eigenvalue weighted by molar-refractivity contribution is 7.99. The van der Waals surface area contributed by atoms with Crippen LogP contribution >= 0.6 is 11.8 Å². The van der Waals surface area contributed by atoms with Crippen LogP contribution in [0.25, 0.3) is 0 Å². The lowest BCUT2D eigenvalue weighted by Crippen LogP contribution is -2.14. The van der Waals surface area contributed by atoms with E-state index in [1.807, 2.05) is 18.0 Å². The highest BCUT2D eigenvalue weighted by atomic mass is 32.2. The number of aromatic nitrogens is 2. The third-order valence-corrected chi connectivity index (χ3v) is 4.26. The maximum atomic E-state index is 4.50. The summed E-state index contributed by atoms with van der Waals surface area (Å²) in [7, 11) is 0. The minimum atomic E-state index is 0.605. The van der Waals surface area contributed by atoms with Gasteiger partial charge >= 0.3 is 0 Å². The molecule has 0 aliphatic carbocycles. The van der Waals surface area contributed by atoms with Gasteiger partial charge in [0, 0.05) is 18.4 Å². The van der Waals surface area contributed by atoms with Gasteiger partial charge in [-0.15, -0.1) is 0 Å². The second-order valence-electron chi connectivity index (χ2n) is 4.33. The number of aromatic amines is 1. The van der Waals surface area contributed by atoms with Crippen molar-refractivity contribution in [1.29, 1.82) is 0 Å². The van der Waals surface area contributed by atoms with Crippen molar-refractivity contribution in [3.63, 3.8) is 0 Å². The Morgan fingerprint density at radius 2 is 2.50 bits per heavy atom. The van der Waals surface area contributed by atoms with E-state index in [0.717, 1.165) is 13.1 Å². The van der Waals surface area contributed by atoms with Gasteiger partial charge in [-0.2, -0.15) is 11.8 Å². The van der Waals surface area contributed by atoms with Crippen molar-refractivity contribution in [2.24, 2.45) is 0 Å². The minimum absolute atomic E-state index is 0.605. The summed E-state index contributed by atoms with van der Waals surface area (Å²) < 4.78 is 0. The minimum Gasteiger partial charge on any atom is -0.344 e. The fraction of sp³-hybridized carbons (Fsp3) is 0.750. The number of hydrogen-bond donors (Lipinski definition) is 2. The molecule has 1 unspecified atom stereocenters. The van der Waals surface area contributed by atoms with E-state index >= 15 is 0 Å². The number of H-pyrrole nitrogens is 1. The Kier molecular flexibility index (Phi) is 4.72. The summed E-state index contributed by atoms with van der Waals surface area (Å²) in [5.41, 5.74) is 1.22. The van der Waals surface area contributed by atoms with Crippen molar-refractivity contribution in [2.75, 3.05) is 12.3 Å². The predicted octanol–water partition coefficient (Wildman–Crippen LogP) is 2.87. The molecule has 0 amide bonds. The Morgan fingerprint density at radius 1 is 1.56 bits per heavy atom. The van der Waals surface area contributed by atoms with Crippen LogP contribution in [0.4, 0.5) is 0 Å². The van der Waals surface area contributed by atoms with Crippen LogP contribution in [-0.2, 0) is 6.54 Å². The standard InChI is InChI=1S/C12H21N3S/c1-2-6-13-8-10-9-14-12(15-10)11-5-3-4-7-16-11/h9,11,13H,2-8H2,1H3,(H,14,15). The van der Waals surface area contributed by atoms with E-state index in [4.69, 9.17) is 0 Å². The van der Waals surface area contributed by atoms with Crippen LogP contribution in [0.15, 0.2) is 6.20 Å². The summed E-state index contributed by atoms with van der Waals surface area (Å²) in [5.74, 6) is 2.47. The molecule has 1 aliphatic heterocycles. The maximum Gasteiger partial charge on any atom is 0.119 e. The van der Waals surface area contributed by atoms with E-state index in [1.54, 1.807) is 0 Å². The summed E-state index contributed by atoms with van der Waals surface area (Å²) in [6.45, 7) is 4.18. The molecule has 0 bridgehead atoms. The first kappa shape index (κ1) is 12.0. The molecule has 1 aliphatic rings. The van der Waals surface area contributed by atoms with Crippen molar-refractivity contribution < 1.29 is 0 Å². The van der Waals surface area contributed by atoms with Gasteiger partial charge in [0.2, 0.25) is 0 Å². The van der Waals surface area contributed by atoms with Gasteiger partial charge in [-0.05, 0) is 31.6 Å². The van der Waals surface area contributed by atoms with Gasteiger partial charge in [0.05, 0.1) is 5.25 Å². The fourth-order valence-electron chi connectivity index (χ4n) is 1.99. The van der Waals surface area contributed by atoms with Crippen LogP contribution in [0.2, 0.25) is 0 Å². The zero-order chi connectivity index (χ0) is 11.2. The molecule has 2 rings (SSSR count). The molecule has 0 saturated carbocycles. The first-order valence-electron chi connectivity index (χ1n) is 6.26. The number of imidazole rings is 1. The first-order chi connectivity index (χ1) is 7.90. The predicted molar refractivity (Wildman–Crippen MR) is 69.6 cm³/mol. The van der Waals surface area contributed by atoms with Crippen LogP contribution in [0.3, 0.4) is 0 Å². The van der Waals surface area contributed by atoms with Gasteiger partial charge in [0.1, 0.15) is 5.82 Å². The van der Waals surface area contributed by atoms with E-state index in [0.29, 0.717) is 5.25 Å². The zero-order valence-electron chi connectivity index (χ0n) is 9.96. The van der Waals surface area contributed by atoms with Gasteiger partial charge in [-0.3, -0.25) is 0 Å². The molecule has 1 aromatic rings. The molecule has 1 fully saturated rings. The van der Waals surface area contributed by atoms with Crippen molar-refractivity contribution in [1.82, 2.24) is 15.3 Å². The van der Waals surface area contributed by atoms with E-state index in [2.05, 4.69) is 22.2 Å². The van der Waals surface area contributed by atoms with Gasteiger partial charge < -0.3 is 10.3 Å². The molecule has 2 heterocycles. The Balaban J connectivity index is 1.85. The molecule has 3 nitrogen and oxygen atoms in total. The van der Waals surface area contributed by atoms with E-state index in [-0.39, 0.29) is 0 Å². The van der Waals surface area contributed by atoms with Crippen molar-refractivity contribution in [3.8, 4) is 0 Å². The Morgan fingerprint density at radius 3 is 3.25 bits per heavy atom. The highest BCUT2D eigenvalue weighted by Gasteiger charge is 2.18. The monoisotopic (exact) mass is 239 g/mol. The van der Waals surface area contributed by atoms with E-state index < -0.39 is 0 Å². The number of rotatable bonds is 5. The zero-order valence-corrected chi connectivity index (χ0v) is 10.8. The summed E-state index contributed by atoms with van der Waals surface area (Å²) in [5, 5.41) is 3.99. The van der Waals surface area contributed by atoms with Crippen molar-refractivity contribution in [3.05, 3.63) is 17.7 Å². The van der Waals surface area contributed by atoms with Crippen LogP contribution in [0.1, 0.15) is 49.4 Å². The van der Waals surface area contributed by atoms with Crippen LogP contribution in [0, 0.1) is 0 Å². The SMILES string of the molecule is CCCNCc1cnc(C2CCCCS2)[nH]1. The van der Waals surface area contributed by atoms with Gasteiger partial charge in [0.25, 0.3) is 0 Å². The molecule has 90 valence electrons. The summed E-state index contributed by atoms with van der Waals surface area (Å²) >= 11 is 2.04. The van der Waals surface area contributed by atoms with E-state index in [1.165, 1.54) is 43.0 Å². The molecule has 0 aromatic carbocycles. The molecule has 0 spiro atoms. The quantitative estimate of drug-likeness (QED) is 0.776. The Labute approximate surface area is 102 Å². The lowest BCUT2D eigenvalue weighted by molar-refractivity contribution is 0.653. The average molecular weight is 239 g/mol. The van der Waals surface area contributed by atoms with Gasteiger partial charge in [0.15, 0.2) is 0 Å². The molecule has 16 heavy (non-hydrogen) atoms. The Hall–Kier alpha value is -0.480. The first-order valence-corrected chi connectivity index (χ1v) is 7.31. The van der Waals surface area contributed by atoms with Crippen LogP contribution < -0.4 is 5.32 Å². The third-order valence-electron chi connectivity index (χ3n) is 2.87. The number of nitrogens with one attached hydrogen (secondary N) is 2. The highest BCUT2D eigenvalue weighted by Crippen LogP contribution is 2.36. The average Bonchev–Trinajstić information content (AvgIpc) is 2.79. The smallest absolute Gasteiger partial charge is 0.119 e. The maximum absolute atomic E-state index is 4.50. The number of thioether (sulfide) groups is 1.